The molecule has 3 heteroatoms. The Kier molecular flexibility index (Phi) is 2.71. The van der Waals surface area contributed by atoms with Crippen molar-refractivity contribution in [2.24, 2.45) is 0 Å². The van der Waals surface area contributed by atoms with Crippen LogP contribution in [0.15, 0.2) is 24.3 Å². The summed E-state index contributed by atoms with van der Waals surface area (Å²) < 4.78 is 13.2. The summed E-state index contributed by atoms with van der Waals surface area (Å²) in [5.74, 6) is -0.546. The van der Waals surface area contributed by atoms with Crippen LogP contribution >= 0.6 is 11.6 Å². The van der Waals surface area contributed by atoms with E-state index >= 15 is 0 Å². The van der Waals surface area contributed by atoms with Crippen LogP contribution in [0.25, 0.3) is 0 Å². The molecule has 0 spiro atoms. The summed E-state index contributed by atoms with van der Waals surface area (Å²) in [6.45, 7) is 2.46. The van der Waals surface area contributed by atoms with Crippen LogP contribution in [0.1, 0.15) is 24.2 Å². The molecule has 0 unspecified atom stereocenters. The molecule has 0 fully saturated rings. The number of ketones is 1. The van der Waals surface area contributed by atoms with Crippen LogP contribution < -0.4 is 0 Å². The second-order valence-electron chi connectivity index (χ2n) is 3.31. The number of benzene rings is 1. The number of carbonyl (C=O) groups excluding carboxylic acids is 1. The third kappa shape index (κ3) is 2.52. The van der Waals surface area contributed by atoms with Gasteiger partial charge in [0.05, 0.1) is 0 Å². The molecule has 1 aromatic carbocycles. The molecule has 0 radical (unpaired) electrons. The number of alkyl halides is 1. The normalized spacial score (nSPS) is 11.4. The first-order valence-corrected chi connectivity index (χ1v) is 4.28. The zero-order valence-electron chi connectivity index (χ0n) is 7.47. The van der Waals surface area contributed by atoms with E-state index in [-0.39, 0.29) is 0 Å². The van der Waals surface area contributed by atoms with E-state index in [1.54, 1.807) is 18.2 Å². The van der Waals surface area contributed by atoms with Crippen molar-refractivity contribution < 1.29 is 9.18 Å². The van der Waals surface area contributed by atoms with Crippen LogP contribution in [0.5, 0.6) is 0 Å². The van der Waals surface area contributed by atoms with Gasteiger partial charge in [0.1, 0.15) is 0 Å². The monoisotopic (exact) mass is 200 g/mol. The molecule has 1 rings (SSSR count). The molecule has 1 aromatic rings. The molecule has 0 aliphatic carbocycles. The molecule has 0 aliphatic heterocycles. The molecule has 1 nitrogen and oxygen atoms in total. The van der Waals surface area contributed by atoms with Crippen molar-refractivity contribution in [3.05, 3.63) is 34.9 Å². The number of halogens is 2. The molecule has 0 amide bonds. The number of carbonyl (C=O) groups is 1. The van der Waals surface area contributed by atoms with E-state index in [9.17, 15) is 9.18 Å². The maximum Gasteiger partial charge on any atom is 0.199 e. The smallest absolute Gasteiger partial charge is 0.199 e. The summed E-state index contributed by atoms with van der Waals surface area (Å²) in [4.78, 5) is 11.4. The molecule has 13 heavy (non-hydrogen) atoms. The Morgan fingerprint density at radius 3 is 2.54 bits per heavy atom. The van der Waals surface area contributed by atoms with E-state index in [1.165, 1.54) is 19.9 Å². The summed E-state index contributed by atoms with van der Waals surface area (Å²) >= 11 is 5.66. The fourth-order valence-electron chi connectivity index (χ4n) is 0.973. The lowest BCUT2D eigenvalue weighted by molar-refractivity contribution is 0.0760. The Hall–Kier alpha value is -0.890. The van der Waals surface area contributed by atoms with Gasteiger partial charge in [-0.25, -0.2) is 4.39 Å². The Morgan fingerprint density at radius 1 is 1.46 bits per heavy atom. The minimum Gasteiger partial charge on any atom is -0.291 e. The second kappa shape index (κ2) is 3.46. The van der Waals surface area contributed by atoms with Gasteiger partial charge in [0.25, 0.3) is 0 Å². The average Bonchev–Trinajstić information content (AvgIpc) is 2.01. The van der Waals surface area contributed by atoms with Gasteiger partial charge in [-0.2, -0.15) is 0 Å². The molecule has 70 valence electrons. The first kappa shape index (κ1) is 10.2. The molecule has 0 heterocycles. The van der Waals surface area contributed by atoms with Gasteiger partial charge >= 0.3 is 0 Å². The first-order valence-electron chi connectivity index (χ1n) is 3.90. The van der Waals surface area contributed by atoms with Crippen molar-refractivity contribution in [3.8, 4) is 0 Å². The van der Waals surface area contributed by atoms with E-state index < -0.39 is 11.5 Å². The highest BCUT2D eigenvalue weighted by Crippen LogP contribution is 2.19. The van der Waals surface area contributed by atoms with Crippen molar-refractivity contribution in [2.75, 3.05) is 0 Å². The Bertz CT molecular complexity index is 328. The highest BCUT2D eigenvalue weighted by atomic mass is 35.5. The molecule has 0 aromatic heterocycles. The molecule has 0 saturated heterocycles. The van der Waals surface area contributed by atoms with Gasteiger partial charge < -0.3 is 0 Å². The lowest BCUT2D eigenvalue weighted by Crippen LogP contribution is -2.25. The largest absolute Gasteiger partial charge is 0.291 e. The third-order valence-electron chi connectivity index (χ3n) is 1.63. The van der Waals surface area contributed by atoms with Crippen molar-refractivity contribution in [1.82, 2.24) is 0 Å². The van der Waals surface area contributed by atoms with E-state index in [0.29, 0.717) is 10.6 Å². The SMILES string of the molecule is CC(C)(F)C(=O)c1cccc(Cl)c1. The summed E-state index contributed by atoms with van der Waals surface area (Å²) in [6, 6.07) is 6.28. The molecule has 0 atom stereocenters. The lowest BCUT2D eigenvalue weighted by atomic mass is 9.99. The number of Topliss-reactive ketones (excluding diaryl/α,β-unsaturated/α-hetero) is 1. The topological polar surface area (TPSA) is 17.1 Å². The van der Waals surface area contributed by atoms with Crippen LogP contribution in [0, 0.1) is 0 Å². The van der Waals surface area contributed by atoms with E-state index in [2.05, 4.69) is 0 Å². The number of rotatable bonds is 2. The highest BCUT2D eigenvalue weighted by molar-refractivity contribution is 6.31. The average molecular weight is 201 g/mol. The van der Waals surface area contributed by atoms with Crippen LogP contribution in [-0.4, -0.2) is 11.5 Å². The van der Waals surface area contributed by atoms with Gasteiger partial charge in [-0.15, -0.1) is 0 Å². The summed E-state index contributed by atoms with van der Waals surface area (Å²) in [5, 5.41) is 0.440. The standard InChI is InChI=1S/C10H10ClFO/c1-10(2,12)9(13)7-4-3-5-8(11)6-7/h3-6H,1-2H3. The Balaban J connectivity index is 3.03. The highest BCUT2D eigenvalue weighted by Gasteiger charge is 2.27. The Labute approximate surface area is 81.5 Å². The maximum atomic E-state index is 13.2. The van der Waals surface area contributed by atoms with Crippen LogP contribution in [0.4, 0.5) is 4.39 Å². The van der Waals surface area contributed by atoms with Crippen molar-refractivity contribution in [1.29, 1.82) is 0 Å². The number of hydrogen-bond donors (Lipinski definition) is 0. The molecule has 0 saturated carbocycles. The maximum absolute atomic E-state index is 13.2. The fraction of sp³-hybridized carbons (Fsp3) is 0.300. The van der Waals surface area contributed by atoms with Crippen molar-refractivity contribution in [3.63, 3.8) is 0 Å². The van der Waals surface area contributed by atoms with Crippen LogP contribution in [0.3, 0.4) is 0 Å². The summed E-state index contributed by atoms with van der Waals surface area (Å²) in [7, 11) is 0. The second-order valence-corrected chi connectivity index (χ2v) is 3.75. The lowest BCUT2D eigenvalue weighted by Gasteiger charge is -2.12. The summed E-state index contributed by atoms with van der Waals surface area (Å²) in [6.07, 6.45) is 0. The molecule has 0 bridgehead atoms. The fourth-order valence-corrected chi connectivity index (χ4v) is 1.16. The minimum atomic E-state index is -1.84. The zero-order chi connectivity index (χ0) is 10.1. The molecular weight excluding hydrogens is 191 g/mol. The van der Waals surface area contributed by atoms with Gasteiger partial charge in [0.15, 0.2) is 11.5 Å². The van der Waals surface area contributed by atoms with Crippen molar-refractivity contribution >= 4 is 17.4 Å². The quantitative estimate of drug-likeness (QED) is 0.670. The number of hydrogen-bond acceptors (Lipinski definition) is 1. The molecule has 0 N–H and O–H groups in total. The summed E-state index contributed by atoms with van der Waals surface area (Å²) in [5.41, 5.74) is -1.54. The van der Waals surface area contributed by atoms with Crippen molar-refractivity contribution in [2.45, 2.75) is 19.5 Å². The third-order valence-corrected chi connectivity index (χ3v) is 1.86. The predicted octanol–water partition coefficient (Wildman–Crippen LogP) is 3.27. The van der Waals surface area contributed by atoms with Gasteiger partial charge in [0, 0.05) is 10.6 Å². The minimum absolute atomic E-state index is 0.306. The molecule has 0 aliphatic rings. The van der Waals surface area contributed by atoms with E-state index in [4.69, 9.17) is 11.6 Å². The van der Waals surface area contributed by atoms with Crippen LogP contribution in [-0.2, 0) is 0 Å². The van der Waals surface area contributed by atoms with Crippen LogP contribution in [0.2, 0.25) is 5.02 Å². The zero-order valence-corrected chi connectivity index (χ0v) is 8.23. The van der Waals surface area contributed by atoms with E-state index in [1.807, 2.05) is 0 Å². The van der Waals surface area contributed by atoms with Gasteiger partial charge in [0.2, 0.25) is 0 Å². The molecular formula is C10H10ClFO. The van der Waals surface area contributed by atoms with Gasteiger partial charge in [-0.1, -0.05) is 23.7 Å². The predicted molar refractivity (Wildman–Crippen MR) is 51.0 cm³/mol. The van der Waals surface area contributed by atoms with E-state index in [0.717, 1.165) is 0 Å². The van der Waals surface area contributed by atoms with Gasteiger partial charge in [-0.05, 0) is 26.0 Å². The Morgan fingerprint density at radius 2 is 2.08 bits per heavy atom. The first-order chi connectivity index (χ1) is 5.91. The van der Waals surface area contributed by atoms with Gasteiger partial charge in [-0.3, -0.25) is 4.79 Å².